The molecule has 0 N–H and O–H groups in total. The molecule has 1 spiro atoms. The minimum Gasteiger partial charge on any atom is -0.377 e. The van der Waals surface area contributed by atoms with Gasteiger partial charge in [-0.2, -0.15) is 0 Å². The predicted octanol–water partition coefficient (Wildman–Crippen LogP) is 3.10. The first kappa shape index (κ1) is 19.6. The highest BCUT2D eigenvalue weighted by atomic mass is 16.6. The number of nitrogens with zero attached hydrogens (tertiary/aromatic N) is 1. The minimum absolute atomic E-state index is 0.0529. The van der Waals surface area contributed by atoms with Gasteiger partial charge in [-0.05, 0) is 45.6 Å². The molecule has 1 aliphatic carbocycles. The molecular weight excluding hydrogens is 330 g/mol. The van der Waals surface area contributed by atoms with Crippen molar-refractivity contribution < 1.29 is 19.0 Å². The molecular formula is C21H33NO4. The van der Waals surface area contributed by atoms with E-state index in [0.717, 1.165) is 25.9 Å². The van der Waals surface area contributed by atoms with Crippen LogP contribution in [0.3, 0.4) is 0 Å². The van der Waals surface area contributed by atoms with Crippen LogP contribution in [-0.2, 0) is 19.0 Å². The summed E-state index contributed by atoms with van der Waals surface area (Å²) in [4.78, 5) is 13.6. The highest BCUT2D eigenvalue weighted by Crippen LogP contribution is 2.60. The number of carbonyl (C=O) groups is 1. The third-order valence-corrected chi connectivity index (χ3v) is 6.21. The molecule has 0 radical (unpaired) electrons. The van der Waals surface area contributed by atoms with E-state index in [1.54, 1.807) is 26.1 Å². The Morgan fingerprint density at radius 3 is 2.62 bits per heavy atom. The van der Waals surface area contributed by atoms with Crippen LogP contribution in [0.15, 0.2) is 23.3 Å². The number of ether oxygens (including phenoxy) is 3. The summed E-state index contributed by atoms with van der Waals surface area (Å²) < 4.78 is 18.1. The van der Waals surface area contributed by atoms with E-state index in [-0.39, 0.29) is 35.2 Å². The van der Waals surface area contributed by atoms with Gasteiger partial charge in [0.2, 0.25) is 5.91 Å². The molecule has 0 aromatic heterocycles. The highest BCUT2D eigenvalue weighted by molar-refractivity contribution is 5.77. The Morgan fingerprint density at radius 2 is 2.08 bits per heavy atom. The number of allylic oxidation sites excluding steroid dienone is 1. The zero-order valence-electron chi connectivity index (χ0n) is 17.0. The molecule has 26 heavy (non-hydrogen) atoms. The summed E-state index contributed by atoms with van der Waals surface area (Å²) in [5.41, 5.74) is 2.19. The maximum Gasteiger partial charge on any atom is 0.225 e. The topological polar surface area (TPSA) is 54.6 Å². The lowest BCUT2D eigenvalue weighted by atomic mass is 9.67. The van der Waals surface area contributed by atoms with Crippen molar-refractivity contribution in [3.05, 3.63) is 23.3 Å². The Morgan fingerprint density at radius 1 is 1.38 bits per heavy atom. The fourth-order valence-corrected chi connectivity index (χ4v) is 4.46. The molecule has 2 saturated heterocycles. The second kappa shape index (κ2) is 7.10. The highest BCUT2D eigenvalue weighted by Gasteiger charge is 2.71. The van der Waals surface area contributed by atoms with E-state index in [1.807, 2.05) is 0 Å². The number of amides is 1. The molecule has 3 rings (SSSR count). The summed E-state index contributed by atoms with van der Waals surface area (Å²) in [5.74, 6) is 0.284. The van der Waals surface area contributed by atoms with Crippen molar-refractivity contribution in [2.24, 2.45) is 5.92 Å². The SMILES string of the molecule is COC1C(=CCC(=O)N(C)C)CCC2(CO2)C1C1(C)OC1CC=C(C)C. The summed E-state index contributed by atoms with van der Waals surface area (Å²) in [6, 6.07) is 0. The van der Waals surface area contributed by atoms with Gasteiger partial charge in [-0.15, -0.1) is 0 Å². The van der Waals surface area contributed by atoms with Gasteiger partial charge in [-0.3, -0.25) is 4.79 Å². The average Bonchev–Trinajstić information content (AvgIpc) is 3.49. The summed E-state index contributed by atoms with van der Waals surface area (Å²) in [7, 11) is 5.34. The second-order valence-corrected chi connectivity index (χ2v) is 8.57. The molecule has 1 amide bonds. The summed E-state index contributed by atoms with van der Waals surface area (Å²) in [6.07, 6.45) is 7.72. The molecule has 3 fully saturated rings. The summed E-state index contributed by atoms with van der Waals surface area (Å²) in [6.45, 7) is 7.22. The van der Waals surface area contributed by atoms with Gasteiger partial charge in [0.05, 0.1) is 24.7 Å². The van der Waals surface area contributed by atoms with Crippen molar-refractivity contribution in [1.82, 2.24) is 4.90 Å². The molecule has 146 valence electrons. The van der Waals surface area contributed by atoms with E-state index in [4.69, 9.17) is 14.2 Å². The molecule has 5 nitrogen and oxygen atoms in total. The Balaban J connectivity index is 1.79. The van der Waals surface area contributed by atoms with Crippen LogP contribution < -0.4 is 0 Å². The maximum absolute atomic E-state index is 12.0. The van der Waals surface area contributed by atoms with Crippen LogP contribution in [0.5, 0.6) is 0 Å². The minimum atomic E-state index is -0.228. The van der Waals surface area contributed by atoms with E-state index in [2.05, 4.69) is 32.9 Å². The largest absolute Gasteiger partial charge is 0.377 e. The lowest BCUT2D eigenvalue weighted by Crippen LogP contribution is -2.49. The fraction of sp³-hybridized carbons (Fsp3) is 0.762. The summed E-state index contributed by atoms with van der Waals surface area (Å²) in [5, 5.41) is 0. The Bertz CT molecular complexity index is 616. The van der Waals surface area contributed by atoms with Gasteiger partial charge in [-0.25, -0.2) is 0 Å². The van der Waals surface area contributed by atoms with Crippen molar-refractivity contribution >= 4 is 5.91 Å². The average molecular weight is 363 g/mol. The maximum atomic E-state index is 12.0. The summed E-state index contributed by atoms with van der Waals surface area (Å²) >= 11 is 0. The van der Waals surface area contributed by atoms with Crippen LogP contribution in [0.1, 0.15) is 46.5 Å². The van der Waals surface area contributed by atoms with Gasteiger partial charge < -0.3 is 19.1 Å². The molecule has 5 heteroatoms. The van der Waals surface area contributed by atoms with E-state index >= 15 is 0 Å². The second-order valence-electron chi connectivity index (χ2n) is 8.57. The Kier molecular flexibility index (Phi) is 5.35. The van der Waals surface area contributed by atoms with Crippen molar-refractivity contribution in [3.8, 4) is 0 Å². The molecule has 0 aromatic rings. The van der Waals surface area contributed by atoms with Crippen LogP contribution >= 0.6 is 0 Å². The normalized spacial score (nSPS) is 39.8. The molecule has 0 bridgehead atoms. The Labute approximate surface area is 157 Å². The third kappa shape index (κ3) is 3.62. The third-order valence-electron chi connectivity index (χ3n) is 6.21. The number of methoxy groups -OCH3 is 1. The van der Waals surface area contributed by atoms with Gasteiger partial charge in [0.15, 0.2) is 0 Å². The first-order chi connectivity index (χ1) is 12.2. The van der Waals surface area contributed by atoms with Crippen LogP contribution in [0, 0.1) is 5.92 Å². The molecule has 5 atom stereocenters. The molecule has 5 unspecified atom stereocenters. The van der Waals surface area contributed by atoms with Crippen LogP contribution in [0.2, 0.25) is 0 Å². The predicted molar refractivity (Wildman–Crippen MR) is 101 cm³/mol. The van der Waals surface area contributed by atoms with Crippen molar-refractivity contribution in [3.63, 3.8) is 0 Å². The van der Waals surface area contributed by atoms with Crippen LogP contribution in [0.25, 0.3) is 0 Å². The molecule has 2 heterocycles. The lowest BCUT2D eigenvalue weighted by Gasteiger charge is -2.40. The number of carbonyl (C=O) groups excluding carboxylic acids is 1. The number of rotatable bonds is 6. The lowest BCUT2D eigenvalue weighted by molar-refractivity contribution is -0.127. The molecule has 0 aromatic carbocycles. The van der Waals surface area contributed by atoms with E-state index < -0.39 is 0 Å². The molecule has 3 aliphatic rings. The van der Waals surface area contributed by atoms with E-state index in [1.165, 1.54) is 11.1 Å². The number of hydrogen-bond acceptors (Lipinski definition) is 4. The van der Waals surface area contributed by atoms with Crippen LogP contribution in [0.4, 0.5) is 0 Å². The zero-order valence-corrected chi connectivity index (χ0v) is 17.0. The van der Waals surface area contributed by atoms with Gasteiger partial charge in [-0.1, -0.05) is 17.7 Å². The first-order valence-corrected chi connectivity index (χ1v) is 9.60. The first-order valence-electron chi connectivity index (χ1n) is 9.60. The number of hydrogen-bond donors (Lipinski definition) is 0. The zero-order chi connectivity index (χ0) is 19.1. The van der Waals surface area contributed by atoms with E-state index in [9.17, 15) is 4.79 Å². The monoisotopic (exact) mass is 363 g/mol. The standard InChI is InChI=1S/C21H33NO4/c1-14(2)7-9-16-20(3,26-16)19-18(24-6)15(8-10-17(23)22(4)5)11-12-21(19)13-25-21/h7-8,16,18-19H,9-13H2,1-6H3. The molecule has 2 aliphatic heterocycles. The van der Waals surface area contributed by atoms with Gasteiger partial charge in [0, 0.05) is 27.6 Å². The molecule has 1 saturated carbocycles. The van der Waals surface area contributed by atoms with Crippen molar-refractivity contribution in [2.75, 3.05) is 27.8 Å². The van der Waals surface area contributed by atoms with Crippen molar-refractivity contribution in [2.45, 2.75) is 69.9 Å². The van der Waals surface area contributed by atoms with Crippen LogP contribution in [-0.4, -0.2) is 62.0 Å². The van der Waals surface area contributed by atoms with Gasteiger partial charge in [0.1, 0.15) is 11.2 Å². The fourth-order valence-electron chi connectivity index (χ4n) is 4.46. The smallest absolute Gasteiger partial charge is 0.225 e. The van der Waals surface area contributed by atoms with Crippen molar-refractivity contribution in [1.29, 1.82) is 0 Å². The van der Waals surface area contributed by atoms with Gasteiger partial charge in [0.25, 0.3) is 0 Å². The quantitative estimate of drug-likeness (QED) is 0.537. The Hall–Kier alpha value is -1.17. The number of epoxide rings is 2. The van der Waals surface area contributed by atoms with E-state index in [0.29, 0.717) is 6.42 Å². The van der Waals surface area contributed by atoms with Gasteiger partial charge >= 0.3 is 0 Å².